The molecule has 1 aliphatic heterocycles. The Morgan fingerprint density at radius 1 is 0.885 bits per heavy atom. The van der Waals surface area contributed by atoms with Gasteiger partial charge in [-0.2, -0.15) is 13.2 Å². The summed E-state index contributed by atoms with van der Waals surface area (Å²) >= 11 is 1.70. The summed E-state index contributed by atoms with van der Waals surface area (Å²) in [5.41, 5.74) is 0.145. The van der Waals surface area contributed by atoms with Crippen molar-refractivity contribution >= 4 is 29.4 Å². The maximum Gasteiger partial charge on any atom is 0.416 e. The lowest BCUT2D eigenvalue weighted by atomic mass is 10.2. The summed E-state index contributed by atoms with van der Waals surface area (Å²) in [6.45, 7) is 2.17. The fourth-order valence-corrected chi connectivity index (χ4v) is 3.56. The first-order valence-electron chi connectivity index (χ1n) is 8.18. The van der Waals surface area contributed by atoms with Crippen LogP contribution in [0.5, 0.6) is 0 Å². The van der Waals surface area contributed by atoms with Crippen molar-refractivity contribution in [1.82, 2.24) is 4.31 Å². The number of carbonyl (C=O) groups excluding carboxylic acids is 1. The zero-order valence-corrected chi connectivity index (χ0v) is 14.7. The largest absolute Gasteiger partial charge is 0.416 e. The Labute approximate surface area is 153 Å². The molecule has 0 saturated carbocycles. The van der Waals surface area contributed by atoms with Crippen LogP contribution in [0.25, 0.3) is 0 Å². The lowest BCUT2D eigenvalue weighted by Gasteiger charge is -2.13. The standard InChI is InChI=1S/C18H18F3N3OS/c19-18(20,21)13-3-5-14(6-4-13)22-17(25)23-15-7-9-16(10-8-15)26-24-11-1-2-12-24/h3-10H,1-2,11-12H2,(H2,22,23,25). The third-order valence-corrected chi connectivity index (χ3v) is 4.99. The van der Waals surface area contributed by atoms with E-state index in [1.807, 2.05) is 12.1 Å². The number of urea groups is 1. The predicted molar refractivity (Wildman–Crippen MR) is 97.2 cm³/mol. The molecule has 138 valence electrons. The van der Waals surface area contributed by atoms with Crippen LogP contribution in [0.2, 0.25) is 0 Å². The summed E-state index contributed by atoms with van der Waals surface area (Å²) in [6.07, 6.45) is -1.96. The lowest BCUT2D eigenvalue weighted by Crippen LogP contribution is -2.19. The van der Waals surface area contributed by atoms with Gasteiger partial charge in [-0.05, 0) is 73.3 Å². The Balaban J connectivity index is 1.52. The predicted octanol–water partition coefficient (Wildman–Crippen LogP) is 5.45. The second-order valence-electron chi connectivity index (χ2n) is 5.91. The summed E-state index contributed by atoms with van der Waals surface area (Å²) < 4.78 is 39.9. The minimum Gasteiger partial charge on any atom is -0.308 e. The fourth-order valence-electron chi connectivity index (χ4n) is 2.56. The van der Waals surface area contributed by atoms with Gasteiger partial charge in [0.25, 0.3) is 0 Å². The van der Waals surface area contributed by atoms with Crippen molar-refractivity contribution in [2.75, 3.05) is 23.7 Å². The minimum absolute atomic E-state index is 0.289. The first kappa shape index (κ1) is 18.6. The molecule has 0 atom stereocenters. The van der Waals surface area contributed by atoms with Crippen molar-refractivity contribution in [1.29, 1.82) is 0 Å². The average molecular weight is 381 g/mol. The van der Waals surface area contributed by atoms with Crippen LogP contribution in [0.4, 0.5) is 29.3 Å². The van der Waals surface area contributed by atoms with Gasteiger partial charge < -0.3 is 10.6 Å². The second-order valence-corrected chi connectivity index (χ2v) is 7.08. The molecule has 0 spiro atoms. The van der Waals surface area contributed by atoms with E-state index in [2.05, 4.69) is 14.9 Å². The molecule has 2 aromatic carbocycles. The molecule has 3 rings (SSSR count). The highest BCUT2D eigenvalue weighted by atomic mass is 32.2. The van der Waals surface area contributed by atoms with Gasteiger partial charge in [0.05, 0.1) is 5.56 Å². The summed E-state index contributed by atoms with van der Waals surface area (Å²) in [6, 6.07) is 11.2. The summed E-state index contributed by atoms with van der Waals surface area (Å²) in [5, 5.41) is 5.17. The third kappa shape index (κ3) is 5.15. The summed E-state index contributed by atoms with van der Waals surface area (Å²) in [5.74, 6) is 0. The van der Waals surface area contributed by atoms with E-state index in [0.717, 1.165) is 30.1 Å². The third-order valence-electron chi connectivity index (χ3n) is 3.88. The van der Waals surface area contributed by atoms with E-state index >= 15 is 0 Å². The first-order chi connectivity index (χ1) is 12.4. The molecule has 2 aromatic rings. The van der Waals surface area contributed by atoms with Gasteiger partial charge in [-0.15, -0.1) is 0 Å². The van der Waals surface area contributed by atoms with Crippen LogP contribution in [-0.4, -0.2) is 23.4 Å². The number of halogens is 3. The van der Waals surface area contributed by atoms with Crippen LogP contribution in [0.3, 0.4) is 0 Å². The molecule has 26 heavy (non-hydrogen) atoms. The number of carbonyl (C=O) groups is 1. The van der Waals surface area contributed by atoms with Crippen molar-refractivity contribution in [3.63, 3.8) is 0 Å². The number of amides is 2. The Bertz CT molecular complexity index is 742. The van der Waals surface area contributed by atoms with Gasteiger partial charge in [0, 0.05) is 29.4 Å². The van der Waals surface area contributed by atoms with E-state index < -0.39 is 17.8 Å². The zero-order chi connectivity index (χ0) is 18.6. The Kier molecular flexibility index (Phi) is 5.73. The number of nitrogens with zero attached hydrogens (tertiary/aromatic N) is 1. The van der Waals surface area contributed by atoms with E-state index in [-0.39, 0.29) is 5.69 Å². The molecule has 2 amide bonds. The lowest BCUT2D eigenvalue weighted by molar-refractivity contribution is -0.137. The molecule has 1 saturated heterocycles. The molecule has 0 bridgehead atoms. The molecule has 1 fully saturated rings. The van der Waals surface area contributed by atoms with E-state index in [1.165, 1.54) is 25.0 Å². The molecule has 1 heterocycles. The van der Waals surface area contributed by atoms with Gasteiger partial charge in [-0.3, -0.25) is 0 Å². The van der Waals surface area contributed by atoms with E-state index in [0.29, 0.717) is 5.69 Å². The Morgan fingerprint density at radius 3 is 1.88 bits per heavy atom. The molecule has 1 aliphatic rings. The molecular weight excluding hydrogens is 363 g/mol. The van der Waals surface area contributed by atoms with Gasteiger partial charge >= 0.3 is 12.2 Å². The molecular formula is C18H18F3N3OS. The average Bonchev–Trinajstić information content (AvgIpc) is 3.09. The second kappa shape index (κ2) is 8.01. The zero-order valence-electron chi connectivity index (χ0n) is 13.8. The SMILES string of the molecule is O=C(Nc1ccc(SN2CCCC2)cc1)Nc1ccc(C(F)(F)F)cc1. The van der Waals surface area contributed by atoms with Crippen LogP contribution >= 0.6 is 11.9 Å². The molecule has 0 unspecified atom stereocenters. The number of benzene rings is 2. The first-order valence-corrected chi connectivity index (χ1v) is 8.96. The van der Waals surface area contributed by atoms with Crippen LogP contribution in [0, 0.1) is 0 Å². The maximum absolute atomic E-state index is 12.5. The smallest absolute Gasteiger partial charge is 0.308 e. The van der Waals surface area contributed by atoms with Crippen LogP contribution in [-0.2, 0) is 6.18 Å². The number of hydrogen-bond acceptors (Lipinski definition) is 3. The van der Waals surface area contributed by atoms with Crippen LogP contribution in [0.15, 0.2) is 53.4 Å². The monoisotopic (exact) mass is 381 g/mol. The highest BCUT2D eigenvalue weighted by molar-refractivity contribution is 7.97. The number of rotatable bonds is 4. The van der Waals surface area contributed by atoms with Crippen LogP contribution in [0.1, 0.15) is 18.4 Å². The Morgan fingerprint density at radius 2 is 1.38 bits per heavy atom. The number of anilines is 2. The van der Waals surface area contributed by atoms with Crippen LogP contribution < -0.4 is 10.6 Å². The van der Waals surface area contributed by atoms with E-state index in [9.17, 15) is 18.0 Å². The number of hydrogen-bond donors (Lipinski definition) is 2. The normalized spacial score (nSPS) is 15.0. The molecule has 0 radical (unpaired) electrons. The maximum atomic E-state index is 12.5. The van der Waals surface area contributed by atoms with E-state index in [1.54, 1.807) is 24.1 Å². The van der Waals surface area contributed by atoms with Gasteiger partial charge in [-0.25, -0.2) is 9.10 Å². The van der Waals surface area contributed by atoms with E-state index in [4.69, 9.17) is 0 Å². The molecule has 2 N–H and O–H groups in total. The molecule has 0 aromatic heterocycles. The molecule has 4 nitrogen and oxygen atoms in total. The summed E-state index contributed by atoms with van der Waals surface area (Å²) in [7, 11) is 0. The van der Waals surface area contributed by atoms with Crippen molar-refractivity contribution in [3.05, 3.63) is 54.1 Å². The van der Waals surface area contributed by atoms with Crippen molar-refractivity contribution in [3.8, 4) is 0 Å². The molecule has 8 heteroatoms. The van der Waals surface area contributed by atoms with Crippen molar-refractivity contribution in [2.45, 2.75) is 23.9 Å². The van der Waals surface area contributed by atoms with Gasteiger partial charge in [-0.1, -0.05) is 0 Å². The topological polar surface area (TPSA) is 44.4 Å². The Hall–Kier alpha value is -2.19. The van der Waals surface area contributed by atoms with Crippen molar-refractivity contribution in [2.24, 2.45) is 0 Å². The summed E-state index contributed by atoms with van der Waals surface area (Å²) in [4.78, 5) is 13.1. The highest BCUT2D eigenvalue weighted by Crippen LogP contribution is 2.30. The number of nitrogens with one attached hydrogen (secondary N) is 2. The van der Waals surface area contributed by atoms with Gasteiger partial charge in [0.1, 0.15) is 0 Å². The minimum atomic E-state index is -4.39. The van der Waals surface area contributed by atoms with Gasteiger partial charge in [0.15, 0.2) is 0 Å². The van der Waals surface area contributed by atoms with Crippen molar-refractivity contribution < 1.29 is 18.0 Å². The molecule has 0 aliphatic carbocycles. The highest BCUT2D eigenvalue weighted by Gasteiger charge is 2.29. The fraction of sp³-hybridized carbons (Fsp3) is 0.278. The quantitative estimate of drug-likeness (QED) is 0.692. The number of alkyl halides is 3. The van der Waals surface area contributed by atoms with Gasteiger partial charge in [0.2, 0.25) is 0 Å².